The van der Waals surface area contributed by atoms with Gasteiger partial charge in [0.05, 0.1) is 0 Å². The van der Waals surface area contributed by atoms with E-state index < -0.39 is 0 Å². The molecular weight excluding hydrogens is 230 g/mol. The van der Waals surface area contributed by atoms with Crippen LogP contribution in [0.3, 0.4) is 0 Å². The summed E-state index contributed by atoms with van der Waals surface area (Å²) in [6, 6.07) is 8.98. The monoisotopic (exact) mass is 247 g/mol. The molecule has 17 heavy (non-hydrogen) atoms. The molecule has 1 fully saturated rings. The van der Waals surface area contributed by atoms with Crippen molar-refractivity contribution >= 4 is 23.0 Å². The van der Waals surface area contributed by atoms with E-state index in [4.69, 9.17) is 12.2 Å². The number of nitrogens with zero attached hydrogens (tertiary/aromatic N) is 1. The fraction of sp³-hybridized carbons (Fsp3) is 0.462. The van der Waals surface area contributed by atoms with E-state index in [0.29, 0.717) is 6.04 Å². The molecule has 1 aromatic carbocycles. The van der Waals surface area contributed by atoms with Crippen molar-refractivity contribution in [1.29, 1.82) is 0 Å². The predicted octanol–water partition coefficient (Wildman–Crippen LogP) is 1.95. The Morgan fingerprint density at radius 1 is 1.35 bits per heavy atom. The van der Waals surface area contributed by atoms with E-state index in [0.717, 1.165) is 30.4 Å². The number of nitrogens with one attached hydrogen (secondary N) is 2. The fourth-order valence-corrected chi connectivity index (χ4v) is 2.83. The maximum absolute atomic E-state index is 5.42. The van der Waals surface area contributed by atoms with Crippen LogP contribution in [-0.4, -0.2) is 29.1 Å². The Hall–Kier alpha value is -1.13. The highest BCUT2D eigenvalue weighted by Crippen LogP contribution is 2.23. The highest BCUT2D eigenvalue weighted by atomic mass is 32.1. The van der Waals surface area contributed by atoms with Crippen LogP contribution in [0.5, 0.6) is 0 Å². The van der Waals surface area contributed by atoms with Crippen LogP contribution in [0.2, 0.25) is 0 Å². The molecule has 0 amide bonds. The van der Waals surface area contributed by atoms with Gasteiger partial charge in [0.2, 0.25) is 0 Å². The van der Waals surface area contributed by atoms with Gasteiger partial charge in [-0.1, -0.05) is 18.2 Å². The first kappa shape index (κ1) is 11.0. The van der Waals surface area contributed by atoms with Crippen molar-refractivity contribution in [2.45, 2.75) is 25.4 Å². The predicted molar refractivity (Wildman–Crippen MR) is 74.1 cm³/mol. The second kappa shape index (κ2) is 4.63. The first-order chi connectivity index (χ1) is 8.33. The molecule has 3 rings (SSSR count). The minimum atomic E-state index is 0.597. The third-order valence-electron chi connectivity index (χ3n) is 3.51. The summed E-state index contributed by atoms with van der Waals surface area (Å²) in [4.78, 5) is 2.26. The number of hydrogen-bond donors (Lipinski definition) is 2. The molecule has 2 N–H and O–H groups in total. The summed E-state index contributed by atoms with van der Waals surface area (Å²) >= 11 is 5.42. The zero-order valence-corrected chi connectivity index (χ0v) is 10.6. The van der Waals surface area contributed by atoms with Crippen molar-refractivity contribution in [1.82, 2.24) is 10.2 Å². The molecule has 2 aliphatic heterocycles. The van der Waals surface area contributed by atoms with E-state index in [1.807, 2.05) is 6.07 Å². The Bertz CT molecular complexity index is 426. The van der Waals surface area contributed by atoms with Gasteiger partial charge in [-0.3, -0.25) is 0 Å². The maximum atomic E-state index is 5.42. The average Bonchev–Trinajstić information content (AvgIpc) is 2.83. The normalized spacial score (nSPS) is 23.4. The topological polar surface area (TPSA) is 27.3 Å². The van der Waals surface area contributed by atoms with Crippen LogP contribution in [-0.2, 0) is 6.54 Å². The molecular formula is C13H17N3S. The third kappa shape index (κ3) is 2.28. The SMILES string of the molecule is S=C1Nc2ccccc2CN1C[C@@H]1CCCN1. The molecule has 1 saturated heterocycles. The lowest BCUT2D eigenvalue weighted by atomic mass is 10.1. The van der Waals surface area contributed by atoms with Crippen molar-refractivity contribution in [3.8, 4) is 0 Å². The van der Waals surface area contributed by atoms with Crippen LogP contribution < -0.4 is 10.6 Å². The van der Waals surface area contributed by atoms with Crippen molar-refractivity contribution < 1.29 is 0 Å². The molecule has 0 unspecified atom stereocenters. The highest BCUT2D eigenvalue weighted by molar-refractivity contribution is 7.80. The van der Waals surface area contributed by atoms with Crippen LogP contribution in [0.15, 0.2) is 24.3 Å². The van der Waals surface area contributed by atoms with E-state index in [2.05, 4.69) is 33.7 Å². The summed E-state index contributed by atoms with van der Waals surface area (Å²) in [5.74, 6) is 0. The minimum absolute atomic E-state index is 0.597. The van der Waals surface area contributed by atoms with Crippen LogP contribution in [0.25, 0.3) is 0 Å². The zero-order valence-electron chi connectivity index (χ0n) is 9.78. The number of hydrogen-bond acceptors (Lipinski definition) is 2. The number of rotatable bonds is 2. The van der Waals surface area contributed by atoms with Gasteiger partial charge in [0.1, 0.15) is 0 Å². The molecule has 0 aliphatic carbocycles. The molecule has 0 radical (unpaired) electrons. The Balaban J connectivity index is 1.72. The number of benzene rings is 1. The molecule has 90 valence electrons. The summed E-state index contributed by atoms with van der Waals surface area (Å²) in [5.41, 5.74) is 2.49. The van der Waals surface area contributed by atoms with Crippen molar-refractivity contribution in [2.75, 3.05) is 18.4 Å². The van der Waals surface area contributed by atoms with Crippen molar-refractivity contribution in [3.05, 3.63) is 29.8 Å². The van der Waals surface area contributed by atoms with Gasteiger partial charge in [-0.2, -0.15) is 0 Å². The molecule has 3 nitrogen and oxygen atoms in total. The molecule has 2 aliphatic rings. The lowest BCUT2D eigenvalue weighted by Crippen LogP contribution is -2.44. The van der Waals surface area contributed by atoms with Crippen LogP contribution in [0.1, 0.15) is 18.4 Å². The van der Waals surface area contributed by atoms with Gasteiger partial charge in [-0.15, -0.1) is 0 Å². The molecule has 0 spiro atoms. The molecule has 1 atom stereocenters. The number of anilines is 1. The molecule has 0 aromatic heterocycles. The van der Waals surface area contributed by atoms with Crippen LogP contribution >= 0.6 is 12.2 Å². The van der Waals surface area contributed by atoms with Gasteiger partial charge in [0, 0.05) is 24.8 Å². The van der Waals surface area contributed by atoms with Crippen molar-refractivity contribution in [3.63, 3.8) is 0 Å². The van der Waals surface area contributed by atoms with Gasteiger partial charge in [-0.25, -0.2) is 0 Å². The number of thiocarbonyl (C=S) groups is 1. The van der Waals surface area contributed by atoms with Crippen LogP contribution in [0, 0.1) is 0 Å². The largest absolute Gasteiger partial charge is 0.343 e. The molecule has 0 bridgehead atoms. The highest BCUT2D eigenvalue weighted by Gasteiger charge is 2.23. The second-order valence-corrected chi connectivity index (χ2v) is 5.15. The Morgan fingerprint density at radius 2 is 2.24 bits per heavy atom. The Labute approximate surface area is 107 Å². The summed E-state index contributed by atoms with van der Waals surface area (Å²) in [6.07, 6.45) is 2.55. The molecule has 0 saturated carbocycles. The lowest BCUT2D eigenvalue weighted by molar-refractivity contribution is 0.363. The number of fused-ring (bicyclic) bond motifs is 1. The number of para-hydroxylation sites is 1. The fourth-order valence-electron chi connectivity index (χ4n) is 2.58. The third-order valence-corrected chi connectivity index (χ3v) is 3.87. The van der Waals surface area contributed by atoms with E-state index >= 15 is 0 Å². The summed E-state index contributed by atoms with van der Waals surface area (Å²) in [6.45, 7) is 3.09. The average molecular weight is 247 g/mol. The molecule has 1 aromatic rings. The van der Waals surface area contributed by atoms with Gasteiger partial charge >= 0.3 is 0 Å². The van der Waals surface area contributed by atoms with E-state index in [9.17, 15) is 0 Å². The van der Waals surface area contributed by atoms with E-state index in [-0.39, 0.29) is 0 Å². The first-order valence-corrected chi connectivity index (χ1v) is 6.61. The van der Waals surface area contributed by atoms with E-state index in [1.54, 1.807) is 0 Å². The summed E-state index contributed by atoms with van der Waals surface area (Å²) in [7, 11) is 0. The van der Waals surface area contributed by atoms with Gasteiger partial charge in [-0.05, 0) is 43.2 Å². The smallest absolute Gasteiger partial charge is 0.173 e. The van der Waals surface area contributed by atoms with Crippen LogP contribution in [0.4, 0.5) is 5.69 Å². The molecule has 4 heteroatoms. The van der Waals surface area contributed by atoms with Crippen molar-refractivity contribution in [2.24, 2.45) is 0 Å². The Morgan fingerprint density at radius 3 is 3.06 bits per heavy atom. The quantitative estimate of drug-likeness (QED) is 0.781. The van der Waals surface area contributed by atoms with Gasteiger partial charge < -0.3 is 15.5 Å². The minimum Gasteiger partial charge on any atom is -0.343 e. The second-order valence-electron chi connectivity index (χ2n) is 4.76. The molecule has 2 heterocycles. The maximum Gasteiger partial charge on any atom is 0.173 e. The van der Waals surface area contributed by atoms with Gasteiger partial charge in [0.25, 0.3) is 0 Å². The lowest BCUT2D eigenvalue weighted by Gasteiger charge is -2.33. The van der Waals surface area contributed by atoms with Gasteiger partial charge in [0.15, 0.2) is 5.11 Å². The first-order valence-electron chi connectivity index (χ1n) is 6.20. The Kier molecular flexibility index (Phi) is 2.99. The van der Waals surface area contributed by atoms with E-state index in [1.165, 1.54) is 18.4 Å². The summed E-state index contributed by atoms with van der Waals surface area (Å²) < 4.78 is 0. The zero-order chi connectivity index (χ0) is 11.7. The summed E-state index contributed by atoms with van der Waals surface area (Å²) in [5, 5.41) is 7.69. The standard InChI is InChI=1S/C13H17N3S/c17-13-15-12-6-2-1-4-10(12)8-16(13)9-11-5-3-7-14-11/h1-2,4,6,11,14H,3,5,7-9H2,(H,15,17)/t11-/m0/s1.